The maximum atomic E-state index is 13.3. The van der Waals surface area contributed by atoms with Crippen molar-refractivity contribution in [3.8, 4) is 0 Å². The smallest absolute Gasteiger partial charge is 0.274 e. The lowest BCUT2D eigenvalue weighted by atomic mass is 9.78. The SMILES string of the molecule is Cc1cc(C(=O)N2CC[C@@]3(CCCN(CCCc4ccccc4)C3=O)C2)n[nH]1. The summed E-state index contributed by atoms with van der Waals surface area (Å²) in [5.41, 5.74) is 2.23. The summed E-state index contributed by atoms with van der Waals surface area (Å²) in [7, 11) is 0. The van der Waals surface area contributed by atoms with Crippen LogP contribution in [0.3, 0.4) is 0 Å². The van der Waals surface area contributed by atoms with Crippen molar-refractivity contribution in [2.45, 2.75) is 39.0 Å². The van der Waals surface area contributed by atoms with Crippen LogP contribution in [0.2, 0.25) is 0 Å². The van der Waals surface area contributed by atoms with Gasteiger partial charge in [-0.1, -0.05) is 30.3 Å². The Labute approximate surface area is 165 Å². The lowest BCUT2D eigenvalue weighted by Gasteiger charge is -2.39. The molecule has 2 aliphatic rings. The van der Waals surface area contributed by atoms with Crippen molar-refractivity contribution < 1.29 is 9.59 Å². The zero-order valence-electron chi connectivity index (χ0n) is 16.5. The number of H-pyrrole nitrogens is 1. The fourth-order valence-electron chi connectivity index (χ4n) is 4.60. The second kappa shape index (κ2) is 7.78. The number of carbonyl (C=O) groups is 2. The van der Waals surface area contributed by atoms with Crippen LogP contribution in [0.4, 0.5) is 0 Å². The van der Waals surface area contributed by atoms with E-state index in [-0.39, 0.29) is 11.8 Å². The summed E-state index contributed by atoms with van der Waals surface area (Å²) >= 11 is 0. The maximum absolute atomic E-state index is 13.3. The highest BCUT2D eigenvalue weighted by Crippen LogP contribution is 2.40. The summed E-state index contributed by atoms with van der Waals surface area (Å²) in [6.45, 7) is 4.66. The van der Waals surface area contributed by atoms with Gasteiger partial charge in [-0.05, 0) is 50.7 Å². The summed E-state index contributed by atoms with van der Waals surface area (Å²) < 4.78 is 0. The van der Waals surface area contributed by atoms with Gasteiger partial charge in [0.25, 0.3) is 5.91 Å². The number of amides is 2. The van der Waals surface area contributed by atoms with Crippen molar-refractivity contribution in [2.75, 3.05) is 26.2 Å². The van der Waals surface area contributed by atoms with Gasteiger partial charge in [-0.25, -0.2) is 0 Å². The molecule has 1 spiro atoms. The number of piperidine rings is 1. The molecule has 2 aliphatic heterocycles. The van der Waals surface area contributed by atoms with E-state index >= 15 is 0 Å². The Kier molecular flexibility index (Phi) is 5.20. The van der Waals surface area contributed by atoms with E-state index in [1.54, 1.807) is 11.0 Å². The predicted octanol–water partition coefficient (Wildman–Crippen LogP) is 2.81. The molecule has 6 nitrogen and oxygen atoms in total. The van der Waals surface area contributed by atoms with Crippen LogP contribution in [0, 0.1) is 12.3 Å². The van der Waals surface area contributed by atoms with Gasteiger partial charge in [-0.15, -0.1) is 0 Å². The molecule has 2 fully saturated rings. The largest absolute Gasteiger partial charge is 0.342 e. The number of likely N-dealkylation sites (tertiary alicyclic amines) is 2. The predicted molar refractivity (Wildman–Crippen MR) is 107 cm³/mol. The number of benzene rings is 1. The van der Waals surface area contributed by atoms with Gasteiger partial charge in [0, 0.05) is 31.9 Å². The number of aryl methyl sites for hydroxylation is 2. The molecule has 2 aromatic rings. The van der Waals surface area contributed by atoms with E-state index in [2.05, 4.69) is 34.5 Å². The van der Waals surface area contributed by atoms with E-state index in [4.69, 9.17) is 0 Å². The summed E-state index contributed by atoms with van der Waals surface area (Å²) in [5.74, 6) is 0.163. The Morgan fingerprint density at radius 3 is 2.79 bits per heavy atom. The number of aromatic amines is 1. The van der Waals surface area contributed by atoms with Gasteiger partial charge in [0.2, 0.25) is 5.91 Å². The molecule has 1 N–H and O–H groups in total. The third-order valence-electron chi connectivity index (χ3n) is 6.13. The van der Waals surface area contributed by atoms with Crippen LogP contribution in [-0.2, 0) is 11.2 Å². The van der Waals surface area contributed by atoms with Crippen molar-refractivity contribution in [1.82, 2.24) is 20.0 Å². The van der Waals surface area contributed by atoms with Crippen molar-refractivity contribution in [3.63, 3.8) is 0 Å². The molecule has 148 valence electrons. The molecule has 2 amide bonds. The average Bonchev–Trinajstić information content (AvgIpc) is 3.33. The van der Waals surface area contributed by atoms with Crippen LogP contribution in [0.25, 0.3) is 0 Å². The second-order valence-electron chi connectivity index (χ2n) is 8.18. The molecule has 1 aromatic heterocycles. The fourth-order valence-corrected chi connectivity index (χ4v) is 4.60. The minimum Gasteiger partial charge on any atom is -0.342 e. The number of rotatable bonds is 5. The first-order valence-corrected chi connectivity index (χ1v) is 10.2. The molecule has 0 radical (unpaired) electrons. The molecule has 1 atom stereocenters. The molecule has 4 rings (SSSR count). The number of aromatic nitrogens is 2. The Balaban J connectivity index is 1.36. The molecule has 0 unspecified atom stereocenters. The molecule has 28 heavy (non-hydrogen) atoms. The number of carbonyl (C=O) groups excluding carboxylic acids is 2. The summed E-state index contributed by atoms with van der Waals surface area (Å²) in [5, 5.41) is 6.91. The molecule has 0 aliphatic carbocycles. The van der Waals surface area contributed by atoms with Crippen molar-refractivity contribution in [1.29, 1.82) is 0 Å². The van der Waals surface area contributed by atoms with Gasteiger partial charge in [0.05, 0.1) is 5.41 Å². The lowest BCUT2D eigenvalue weighted by Crippen LogP contribution is -2.50. The van der Waals surface area contributed by atoms with E-state index in [0.717, 1.165) is 50.9 Å². The standard InChI is InChI=1S/C22H28N4O2/c1-17-15-19(24-23-17)20(27)26-14-11-22(16-26)10-6-13-25(21(22)28)12-5-9-18-7-3-2-4-8-18/h2-4,7-8,15H,5-6,9-14,16H2,1H3,(H,23,24)/t22-/m0/s1. The Bertz CT molecular complexity index is 847. The highest BCUT2D eigenvalue weighted by atomic mass is 16.2. The number of hydrogen-bond acceptors (Lipinski definition) is 3. The van der Waals surface area contributed by atoms with E-state index in [1.807, 2.05) is 17.9 Å². The highest BCUT2D eigenvalue weighted by molar-refractivity contribution is 5.94. The van der Waals surface area contributed by atoms with Gasteiger partial charge >= 0.3 is 0 Å². The monoisotopic (exact) mass is 380 g/mol. The van der Waals surface area contributed by atoms with Crippen molar-refractivity contribution >= 4 is 11.8 Å². The fraction of sp³-hybridized carbons (Fsp3) is 0.500. The van der Waals surface area contributed by atoms with E-state index in [0.29, 0.717) is 18.8 Å². The van der Waals surface area contributed by atoms with E-state index < -0.39 is 5.41 Å². The second-order valence-corrected chi connectivity index (χ2v) is 8.18. The molecular formula is C22H28N4O2. The zero-order chi connectivity index (χ0) is 19.6. The Hall–Kier alpha value is -2.63. The lowest BCUT2D eigenvalue weighted by molar-refractivity contribution is -0.145. The van der Waals surface area contributed by atoms with Crippen LogP contribution in [-0.4, -0.2) is 58.0 Å². The molecule has 0 saturated carbocycles. The number of nitrogens with zero attached hydrogens (tertiary/aromatic N) is 3. The highest BCUT2D eigenvalue weighted by Gasteiger charge is 2.49. The van der Waals surface area contributed by atoms with Gasteiger partial charge in [-0.3, -0.25) is 14.7 Å². The first-order valence-electron chi connectivity index (χ1n) is 10.2. The van der Waals surface area contributed by atoms with Crippen LogP contribution in [0.1, 0.15) is 47.4 Å². The Morgan fingerprint density at radius 1 is 1.21 bits per heavy atom. The molecule has 3 heterocycles. The van der Waals surface area contributed by atoms with Crippen molar-refractivity contribution in [3.05, 3.63) is 53.3 Å². The topological polar surface area (TPSA) is 69.3 Å². The molecule has 2 saturated heterocycles. The zero-order valence-corrected chi connectivity index (χ0v) is 16.5. The van der Waals surface area contributed by atoms with Gasteiger partial charge < -0.3 is 9.80 Å². The summed E-state index contributed by atoms with van der Waals surface area (Å²) in [4.78, 5) is 29.8. The third kappa shape index (κ3) is 3.68. The first-order chi connectivity index (χ1) is 13.6. The third-order valence-corrected chi connectivity index (χ3v) is 6.13. The quantitative estimate of drug-likeness (QED) is 0.867. The van der Waals surface area contributed by atoms with Crippen LogP contribution in [0.15, 0.2) is 36.4 Å². The van der Waals surface area contributed by atoms with E-state index in [1.165, 1.54) is 5.56 Å². The van der Waals surface area contributed by atoms with Gasteiger partial charge in [0.15, 0.2) is 0 Å². The molecular weight excluding hydrogens is 352 g/mol. The molecule has 6 heteroatoms. The van der Waals surface area contributed by atoms with Gasteiger partial charge in [0.1, 0.15) is 5.69 Å². The van der Waals surface area contributed by atoms with Gasteiger partial charge in [-0.2, -0.15) is 5.10 Å². The Morgan fingerprint density at radius 2 is 2.04 bits per heavy atom. The molecule has 1 aromatic carbocycles. The van der Waals surface area contributed by atoms with Crippen LogP contribution in [0.5, 0.6) is 0 Å². The summed E-state index contributed by atoms with van der Waals surface area (Å²) in [6.07, 6.45) is 4.61. The normalized spacial score (nSPS) is 22.2. The average molecular weight is 380 g/mol. The van der Waals surface area contributed by atoms with Crippen LogP contribution < -0.4 is 0 Å². The minimum atomic E-state index is -0.397. The maximum Gasteiger partial charge on any atom is 0.274 e. The number of nitrogens with one attached hydrogen (secondary N) is 1. The van der Waals surface area contributed by atoms with Crippen LogP contribution >= 0.6 is 0 Å². The van der Waals surface area contributed by atoms with E-state index in [9.17, 15) is 9.59 Å². The first kappa shape index (κ1) is 18.7. The molecule has 0 bridgehead atoms. The van der Waals surface area contributed by atoms with Crippen molar-refractivity contribution in [2.24, 2.45) is 5.41 Å². The summed E-state index contributed by atoms with van der Waals surface area (Å²) in [6, 6.07) is 12.2. The number of hydrogen-bond donors (Lipinski definition) is 1. The minimum absolute atomic E-state index is 0.0739.